The highest BCUT2D eigenvalue weighted by Crippen LogP contribution is 1.96. The maximum absolute atomic E-state index is 3.85. The Morgan fingerprint density at radius 2 is 1.69 bits per heavy atom. The van der Waals surface area contributed by atoms with Gasteiger partial charge in [0.2, 0.25) is 0 Å². The SMILES string of the molecule is C1CCNCC1.Cc1ccncc1. The quantitative estimate of drug-likeness (QED) is 0.658. The Morgan fingerprint density at radius 1 is 1.08 bits per heavy atom. The van der Waals surface area contributed by atoms with Gasteiger partial charge in [-0.15, -0.1) is 0 Å². The summed E-state index contributed by atoms with van der Waals surface area (Å²) in [5.41, 5.74) is 1.26. The summed E-state index contributed by atoms with van der Waals surface area (Å²) in [6.45, 7) is 4.54. The van der Waals surface area contributed by atoms with Gasteiger partial charge in [-0.1, -0.05) is 6.42 Å². The van der Waals surface area contributed by atoms with Crippen molar-refractivity contribution in [3.63, 3.8) is 0 Å². The van der Waals surface area contributed by atoms with E-state index in [2.05, 4.69) is 10.3 Å². The van der Waals surface area contributed by atoms with Gasteiger partial charge in [-0.3, -0.25) is 4.98 Å². The molecule has 1 aliphatic rings. The summed E-state index contributed by atoms with van der Waals surface area (Å²) in [5, 5.41) is 3.28. The Balaban J connectivity index is 0.000000132. The molecule has 1 N–H and O–H groups in total. The van der Waals surface area contributed by atoms with Gasteiger partial charge in [0.1, 0.15) is 0 Å². The normalized spacial score (nSPS) is 15.8. The largest absolute Gasteiger partial charge is 0.317 e. The summed E-state index contributed by atoms with van der Waals surface area (Å²) in [5.74, 6) is 0. The number of pyridine rings is 1. The van der Waals surface area contributed by atoms with Crippen molar-refractivity contribution in [2.75, 3.05) is 13.1 Å². The lowest BCUT2D eigenvalue weighted by atomic mass is 10.2. The number of piperidine rings is 1. The van der Waals surface area contributed by atoms with E-state index < -0.39 is 0 Å². The molecule has 0 radical (unpaired) electrons. The molecule has 0 unspecified atom stereocenters. The summed E-state index contributed by atoms with van der Waals surface area (Å²) in [6.07, 6.45) is 7.79. The molecular weight excluding hydrogens is 160 g/mol. The molecule has 0 spiro atoms. The standard InChI is InChI=1S/C6H7N.C5H11N/c1-6-2-4-7-5-3-6;1-2-4-6-5-3-1/h2-5H,1H3;6H,1-5H2. The lowest BCUT2D eigenvalue weighted by Gasteiger charge is -2.08. The van der Waals surface area contributed by atoms with Crippen molar-refractivity contribution in [3.8, 4) is 0 Å². The molecule has 2 heterocycles. The van der Waals surface area contributed by atoms with Crippen LogP contribution in [0.3, 0.4) is 0 Å². The Bertz CT molecular complexity index is 193. The molecule has 0 aromatic carbocycles. The van der Waals surface area contributed by atoms with Crippen molar-refractivity contribution < 1.29 is 0 Å². The van der Waals surface area contributed by atoms with Crippen LogP contribution in [0.15, 0.2) is 24.5 Å². The highest BCUT2D eigenvalue weighted by Gasteiger charge is 1.93. The van der Waals surface area contributed by atoms with Crippen LogP contribution in [0, 0.1) is 6.92 Å². The summed E-state index contributed by atoms with van der Waals surface area (Å²) in [6, 6.07) is 3.94. The van der Waals surface area contributed by atoms with Crippen molar-refractivity contribution in [1.29, 1.82) is 0 Å². The Kier molecular flexibility index (Phi) is 5.18. The van der Waals surface area contributed by atoms with Gasteiger partial charge >= 0.3 is 0 Å². The highest BCUT2D eigenvalue weighted by molar-refractivity contribution is 5.05. The molecule has 1 aromatic rings. The van der Waals surface area contributed by atoms with E-state index in [1.165, 1.54) is 37.9 Å². The number of hydrogen-bond donors (Lipinski definition) is 1. The third-order valence-electron chi connectivity index (χ3n) is 2.05. The molecule has 2 rings (SSSR count). The van der Waals surface area contributed by atoms with Crippen LogP contribution < -0.4 is 5.32 Å². The number of nitrogens with one attached hydrogen (secondary N) is 1. The monoisotopic (exact) mass is 178 g/mol. The van der Waals surface area contributed by atoms with Crippen LogP contribution in [0.4, 0.5) is 0 Å². The second-order valence-corrected chi connectivity index (χ2v) is 3.34. The number of aromatic nitrogens is 1. The van der Waals surface area contributed by atoms with Crippen LogP contribution in [0.25, 0.3) is 0 Å². The van der Waals surface area contributed by atoms with Gasteiger partial charge in [-0.25, -0.2) is 0 Å². The van der Waals surface area contributed by atoms with Crippen molar-refractivity contribution in [2.45, 2.75) is 26.2 Å². The number of hydrogen-bond acceptors (Lipinski definition) is 2. The summed E-state index contributed by atoms with van der Waals surface area (Å²) < 4.78 is 0. The van der Waals surface area contributed by atoms with Gasteiger partial charge in [0.15, 0.2) is 0 Å². The maximum Gasteiger partial charge on any atom is 0.0270 e. The zero-order valence-electron chi connectivity index (χ0n) is 8.29. The summed E-state index contributed by atoms with van der Waals surface area (Å²) >= 11 is 0. The molecule has 72 valence electrons. The summed E-state index contributed by atoms with van der Waals surface area (Å²) in [4.78, 5) is 3.85. The Hall–Kier alpha value is -0.890. The summed E-state index contributed by atoms with van der Waals surface area (Å²) in [7, 11) is 0. The fraction of sp³-hybridized carbons (Fsp3) is 0.545. The van der Waals surface area contributed by atoms with Gasteiger partial charge < -0.3 is 5.32 Å². The Labute approximate surface area is 80.4 Å². The molecule has 1 saturated heterocycles. The maximum atomic E-state index is 3.85. The van der Waals surface area contributed by atoms with Gasteiger partial charge in [-0.2, -0.15) is 0 Å². The first kappa shape index (κ1) is 10.2. The zero-order chi connectivity index (χ0) is 9.36. The molecule has 1 aliphatic heterocycles. The number of aryl methyl sites for hydroxylation is 1. The molecule has 2 nitrogen and oxygen atoms in total. The van der Waals surface area contributed by atoms with E-state index in [1.807, 2.05) is 19.1 Å². The average molecular weight is 178 g/mol. The van der Waals surface area contributed by atoms with Crippen LogP contribution in [0.5, 0.6) is 0 Å². The smallest absolute Gasteiger partial charge is 0.0270 e. The van der Waals surface area contributed by atoms with Crippen LogP contribution in [0.1, 0.15) is 24.8 Å². The van der Waals surface area contributed by atoms with Crippen molar-refractivity contribution in [3.05, 3.63) is 30.1 Å². The third kappa shape index (κ3) is 5.36. The average Bonchev–Trinajstić information content (AvgIpc) is 2.22. The lowest BCUT2D eigenvalue weighted by Crippen LogP contribution is -2.21. The molecule has 2 heteroatoms. The van der Waals surface area contributed by atoms with Gasteiger partial charge in [0, 0.05) is 12.4 Å². The number of rotatable bonds is 0. The Morgan fingerprint density at radius 3 is 1.92 bits per heavy atom. The van der Waals surface area contributed by atoms with E-state index in [9.17, 15) is 0 Å². The third-order valence-corrected chi connectivity index (χ3v) is 2.05. The first-order chi connectivity index (χ1) is 6.39. The minimum Gasteiger partial charge on any atom is -0.317 e. The molecule has 0 amide bonds. The minimum atomic E-state index is 1.25. The first-order valence-electron chi connectivity index (χ1n) is 4.97. The molecule has 13 heavy (non-hydrogen) atoms. The predicted molar refractivity (Wildman–Crippen MR) is 55.7 cm³/mol. The zero-order valence-corrected chi connectivity index (χ0v) is 8.29. The van der Waals surface area contributed by atoms with Gasteiger partial charge in [0.25, 0.3) is 0 Å². The molecule has 0 saturated carbocycles. The van der Waals surface area contributed by atoms with E-state index in [-0.39, 0.29) is 0 Å². The minimum absolute atomic E-state index is 1.25. The fourth-order valence-corrected chi connectivity index (χ4v) is 1.23. The van der Waals surface area contributed by atoms with E-state index in [0.29, 0.717) is 0 Å². The predicted octanol–water partition coefficient (Wildman–Crippen LogP) is 2.15. The van der Waals surface area contributed by atoms with E-state index >= 15 is 0 Å². The van der Waals surface area contributed by atoms with E-state index in [1.54, 1.807) is 12.4 Å². The second-order valence-electron chi connectivity index (χ2n) is 3.34. The van der Waals surface area contributed by atoms with E-state index in [0.717, 1.165) is 0 Å². The topological polar surface area (TPSA) is 24.9 Å². The first-order valence-corrected chi connectivity index (χ1v) is 4.97. The molecule has 0 aliphatic carbocycles. The van der Waals surface area contributed by atoms with Crippen molar-refractivity contribution in [1.82, 2.24) is 10.3 Å². The van der Waals surface area contributed by atoms with Gasteiger partial charge in [-0.05, 0) is 50.6 Å². The highest BCUT2D eigenvalue weighted by atomic mass is 14.9. The fourth-order valence-electron chi connectivity index (χ4n) is 1.23. The van der Waals surface area contributed by atoms with Crippen LogP contribution >= 0.6 is 0 Å². The number of nitrogens with zero attached hydrogens (tertiary/aromatic N) is 1. The van der Waals surface area contributed by atoms with Crippen LogP contribution in [-0.4, -0.2) is 18.1 Å². The molecule has 1 fully saturated rings. The van der Waals surface area contributed by atoms with Crippen molar-refractivity contribution in [2.24, 2.45) is 0 Å². The van der Waals surface area contributed by atoms with E-state index in [4.69, 9.17) is 0 Å². The molecular formula is C11H18N2. The molecule has 0 bridgehead atoms. The molecule has 1 aromatic heterocycles. The lowest BCUT2D eigenvalue weighted by molar-refractivity contribution is 0.520. The van der Waals surface area contributed by atoms with Crippen LogP contribution in [0.2, 0.25) is 0 Å². The van der Waals surface area contributed by atoms with Crippen LogP contribution in [-0.2, 0) is 0 Å². The van der Waals surface area contributed by atoms with Gasteiger partial charge in [0.05, 0.1) is 0 Å². The second kappa shape index (κ2) is 6.61. The molecule has 0 atom stereocenters. The van der Waals surface area contributed by atoms with Crippen molar-refractivity contribution >= 4 is 0 Å².